The summed E-state index contributed by atoms with van der Waals surface area (Å²) < 4.78 is 0. The Balaban J connectivity index is 0.000000531. The fourth-order valence-corrected chi connectivity index (χ4v) is 2.67. The second-order valence-corrected chi connectivity index (χ2v) is 3.75. The van der Waals surface area contributed by atoms with Crippen LogP contribution in [0.4, 0.5) is 0 Å². The van der Waals surface area contributed by atoms with Gasteiger partial charge in [0.15, 0.2) is 0 Å². The average molecular weight is 186 g/mol. The molecule has 2 rings (SSSR count). The summed E-state index contributed by atoms with van der Waals surface area (Å²) in [6, 6.07) is 0. The van der Waals surface area contributed by atoms with Crippen molar-refractivity contribution in [2.75, 3.05) is 19.6 Å². The van der Waals surface area contributed by atoms with Gasteiger partial charge >= 0.3 is 0 Å². The van der Waals surface area contributed by atoms with Crippen molar-refractivity contribution >= 4 is 0 Å². The molecule has 2 nitrogen and oxygen atoms in total. The molecule has 1 atom stereocenters. The SMILES string of the molecule is CC.CCN1CCCC12CCCN2.[HH]. The maximum atomic E-state index is 3.66. The second-order valence-electron chi connectivity index (χ2n) is 3.75. The molecule has 0 amide bonds. The molecular formula is C11H26N2. The first-order valence-corrected chi connectivity index (χ1v) is 5.87. The second kappa shape index (κ2) is 4.97. The minimum Gasteiger partial charge on any atom is -0.299 e. The minimum atomic E-state index is 0. The van der Waals surface area contributed by atoms with Gasteiger partial charge in [0.05, 0.1) is 5.66 Å². The third-order valence-electron chi connectivity index (χ3n) is 3.23. The number of rotatable bonds is 1. The monoisotopic (exact) mass is 186 g/mol. The summed E-state index contributed by atoms with van der Waals surface area (Å²) in [6.07, 6.45) is 5.51. The van der Waals surface area contributed by atoms with E-state index in [-0.39, 0.29) is 1.43 Å². The fourth-order valence-electron chi connectivity index (χ4n) is 2.67. The molecule has 1 spiro atoms. The lowest BCUT2D eigenvalue weighted by atomic mass is 10.1. The third kappa shape index (κ3) is 2.05. The Bertz CT molecular complexity index is 139. The lowest BCUT2D eigenvalue weighted by Crippen LogP contribution is -2.51. The predicted octanol–water partition coefficient (Wildman–Crippen LogP) is 2.45. The van der Waals surface area contributed by atoms with Crippen molar-refractivity contribution in [2.45, 2.75) is 52.1 Å². The maximum Gasteiger partial charge on any atom is 0.0713 e. The average Bonchev–Trinajstić information content (AvgIpc) is 2.80. The Morgan fingerprint density at radius 2 is 2.00 bits per heavy atom. The Kier molecular flexibility index (Phi) is 4.20. The molecule has 2 heterocycles. The van der Waals surface area contributed by atoms with Crippen LogP contribution in [-0.2, 0) is 0 Å². The lowest BCUT2D eigenvalue weighted by Gasteiger charge is -2.34. The molecule has 0 radical (unpaired) electrons. The zero-order valence-electron chi connectivity index (χ0n) is 9.40. The van der Waals surface area contributed by atoms with Crippen LogP contribution in [0.3, 0.4) is 0 Å². The summed E-state index contributed by atoms with van der Waals surface area (Å²) in [5.74, 6) is 0. The molecule has 0 aliphatic carbocycles. The van der Waals surface area contributed by atoms with Gasteiger partial charge in [0.2, 0.25) is 0 Å². The van der Waals surface area contributed by atoms with Crippen molar-refractivity contribution in [3.63, 3.8) is 0 Å². The quantitative estimate of drug-likeness (QED) is 0.676. The van der Waals surface area contributed by atoms with E-state index in [9.17, 15) is 0 Å². The van der Waals surface area contributed by atoms with Crippen LogP contribution in [0.15, 0.2) is 0 Å². The molecule has 80 valence electrons. The van der Waals surface area contributed by atoms with E-state index in [0.717, 1.165) is 0 Å². The van der Waals surface area contributed by atoms with Crippen LogP contribution in [0.2, 0.25) is 0 Å². The summed E-state index contributed by atoms with van der Waals surface area (Å²) in [5, 5.41) is 3.66. The van der Waals surface area contributed by atoms with Gasteiger partial charge in [-0.3, -0.25) is 10.2 Å². The highest BCUT2D eigenvalue weighted by molar-refractivity contribution is 4.96. The number of hydrogen-bond acceptors (Lipinski definition) is 2. The smallest absolute Gasteiger partial charge is 0.0713 e. The van der Waals surface area contributed by atoms with E-state index in [1.165, 1.54) is 45.3 Å². The largest absolute Gasteiger partial charge is 0.299 e. The topological polar surface area (TPSA) is 15.3 Å². The highest BCUT2D eigenvalue weighted by Crippen LogP contribution is 2.33. The molecule has 1 unspecified atom stereocenters. The predicted molar refractivity (Wildman–Crippen MR) is 59.9 cm³/mol. The molecule has 0 aromatic rings. The van der Waals surface area contributed by atoms with Crippen molar-refractivity contribution in [1.29, 1.82) is 0 Å². The third-order valence-corrected chi connectivity index (χ3v) is 3.23. The van der Waals surface area contributed by atoms with E-state index in [4.69, 9.17) is 0 Å². The summed E-state index contributed by atoms with van der Waals surface area (Å²) in [5.41, 5.74) is 0.439. The maximum absolute atomic E-state index is 3.66. The van der Waals surface area contributed by atoms with Gasteiger partial charge in [-0.15, -0.1) is 0 Å². The Hall–Kier alpha value is -0.0800. The molecule has 2 fully saturated rings. The van der Waals surface area contributed by atoms with Crippen molar-refractivity contribution in [1.82, 2.24) is 10.2 Å². The molecule has 2 aliphatic rings. The molecular weight excluding hydrogens is 160 g/mol. The number of hydrogen-bond donors (Lipinski definition) is 1. The summed E-state index contributed by atoms with van der Waals surface area (Å²) >= 11 is 0. The van der Waals surface area contributed by atoms with Crippen LogP contribution in [0.5, 0.6) is 0 Å². The van der Waals surface area contributed by atoms with Gasteiger partial charge < -0.3 is 0 Å². The number of nitrogens with one attached hydrogen (secondary N) is 1. The van der Waals surface area contributed by atoms with Gasteiger partial charge in [0, 0.05) is 1.43 Å². The van der Waals surface area contributed by atoms with Crippen molar-refractivity contribution in [3.8, 4) is 0 Å². The normalized spacial score (nSPS) is 33.5. The molecule has 1 N–H and O–H groups in total. The molecule has 0 aromatic carbocycles. The van der Waals surface area contributed by atoms with Gasteiger partial charge in [-0.2, -0.15) is 0 Å². The minimum absolute atomic E-state index is 0. The number of nitrogens with zero attached hydrogens (tertiary/aromatic N) is 1. The summed E-state index contributed by atoms with van der Waals surface area (Å²) in [7, 11) is 0. The van der Waals surface area contributed by atoms with E-state index in [1.807, 2.05) is 13.8 Å². The zero-order chi connectivity index (χ0) is 9.73. The zero-order valence-corrected chi connectivity index (χ0v) is 9.40. The molecule has 0 bridgehead atoms. The van der Waals surface area contributed by atoms with Gasteiger partial charge in [-0.25, -0.2) is 0 Å². The molecule has 0 aromatic heterocycles. The van der Waals surface area contributed by atoms with Gasteiger partial charge in [-0.05, 0) is 45.3 Å². The standard InChI is InChI=1S/C9H18N2.C2H6.H2/c1-2-11-8-4-6-9(11)5-3-7-10-9;1-2;/h10H,2-8H2,1H3;1-2H3;1H. The highest BCUT2D eigenvalue weighted by Gasteiger charge is 2.41. The van der Waals surface area contributed by atoms with E-state index >= 15 is 0 Å². The van der Waals surface area contributed by atoms with E-state index in [1.54, 1.807) is 0 Å². The first-order chi connectivity index (χ1) is 6.37. The molecule has 13 heavy (non-hydrogen) atoms. The van der Waals surface area contributed by atoms with Crippen LogP contribution >= 0.6 is 0 Å². The van der Waals surface area contributed by atoms with Crippen molar-refractivity contribution < 1.29 is 1.43 Å². The summed E-state index contributed by atoms with van der Waals surface area (Å²) in [4.78, 5) is 2.61. The van der Waals surface area contributed by atoms with Gasteiger partial charge in [-0.1, -0.05) is 20.8 Å². The highest BCUT2D eigenvalue weighted by atomic mass is 15.3. The van der Waals surface area contributed by atoms with E-state index in [2.05, 4.69) is 17.1 Å². The summed E-state index contributed by atoms with van der Waals surface area (Å²) in [6.45, 7) is 10.0. The van der Waals surface area contributed by atoms with Crippen LogP contribution in [0, 0.1) is 0 Å². The van der Waals surface area contributed by atoms with Gasteiger partial charge in [0.25, 0.3) is 0 Å². The van der Waals surface area contributed by atoms with Crippen LogP contribution in [0.1, 0.15) is 47.9 Å². The Labute approximate surface area is 84.2 Å². The van der Waals surface area contributed by atoms with E-state index < -0.39 is 0 Å². The Morgan fingerprint density at radius 3 is 2.54 bits per heavy atom. The fraction of sp³-hybridized carbons (Fsp3) is 1.00. The van der Waals surface area contributed by atoms with Crippen LogP contribution < -0.4 is 5.32 Å². The van der Waals surface area contributed by atoms with Crippen LogP contribution in [0.25, 0.3) is 0 Å². The molecule has 2 saturated heterocycles. The molecule has 2 heteroatoms. The van der Waals surface area contributed by atoms with Crippen molar-refractivity contribution in [2.24, 2.45) is 0 Å². The first kappa shape index (κ1) is 11.0. The Morgan fingerprint density at radius 1 is 1.31 bits per heavy atom. The van der Waals surface area contributed by atoms with Crippen LogP contribution in [-0.4, -0.2) is 30.2 Å². The van der Waals surface area contributed by atoms with Crippen molar-refractivity contribution in [3.05, 3.63) is 0 Å². The van der Waals surface area contributed by atoms with E-state index in [0.29, 0.717) is 5.66 Å². The molecule has 0 saturated carbocycles. The number of likely N-dealkylation sites (tertiary alicyclic amines) is 1. The first-order valence-electron chi connectivity index (χ1n) is 5.87. The lowest BCUT2D eigenvalue weighted by molar-refractivity contribution is 0.128. The molecule has 2 aliphatic heterocycles. The van der Waals surface area contributed by atoms with Gasteiger partial charge in [0.1, 0.15) is 0 Å².